The van der Waals surface area contributed by atoms with E-state index in [1.54, 1.807) is 6.92 Å². The number of carboxylic acid groups (broad SMARTS) is 2. The molecule has 124 valence electrons. The lowest BCUT2D eigenvalue weighted by Gasteiger charge is -2.33. The quantitative estimate of drug-likeness (QED) is 0.455. The van der Waals surface area contributed by atoms with Gasteiger partial charge in [0.25, 0.3) is 0 Å². The van der Waals surface area contributed by atoms with Gasteiger partial charge in [-0.2, -0.15) is 0 Å². The first kappa shape index (κ1) is 18.1. The van der Waals surface area contributed by atoms with Gasteiger partial charge in [0.05, 0.1) is 12.1 Å². The highest BCUT2D eigenvalue weighted by atomic mass is 16.4. The zero-order chi connectivity index (χ0) is 16.9. The maximum Gasteiger partial charge on any atom is 0.326 e. The summed E-state index contributed by atoms with van der Waals surface area (Å²) in [6.45, 7) is 1.65. The van der Waals surface area contributed by atoms with Crippen LogP contribution in [0.2, 0.25) is 0 Å². The molecule has 1 aliphatic heterocycles. The monoisotopic (exact) mass is 315 g/mol. The highest BCUT2D eigenvalue weighted by Gasteiger charge is 2.45. The summed E-state index contributed by atoms with van der Waals surface area (Å²) < 4.78 is 0. The van der Waals surface area contributed by atoms with E-state index >= 15 is 0 Å². The van der Waals surface area contributed by atoms with E-state index in [1.807, 2.05) is 0 Å². The van der Waals surface area contributed by atoms with Crippen LogP contribution in [0.1, 0.15) is 32.6 Å². The zero-order valence-corrected chi connectivity index (χ0v) is 12.4. The Balaban J connectivity index is 3.08. The average Bonchev–Trinajstić information content (AvgIpc) is 2.89. The van der Waals surface area contributed by atoms with Crippen LogP contribution in [0.15, 0.2) is 0 Å². The van der Waals surface area contributed by atoms with Gasteiger partial charge in [0, 0.05) is 6.42 Å². The lowest BCUT2D eigenvalue weighted by molar-refractivity contribution is -0.161. The Morgan fingerprint density at radius 1 is 1.32 bits per heavy atom. The predicted octanol–water partition coefficient (Wildman–Crippen LogP) is -1.24. The topological polar surface area (TPSA) is 150 Å². The molecule has 0 aromatic carbocycles. The van der Waals surface area contributed by atoms with Gasteiger partial charge < -0.3 is 21.3 Å². The van der Waals surface area contributed by atoms with Crippen LogP contribution in [0.5, 0.6) is 0 Å². The molecule has 0 radical (unpaired) electrons. The number of nitrogens with one attached hydrogen (secondary N) is 1. The summed E-state index contributed by atoms with van der Waals surface area (Å²) in [6.07, 6.45) is 0.353. The van der Waals surface area contributed by atoms with Gasteiger partial charge in [-0.25, -0.2) is 4.79 Å². The van der Waals surface area contributed by atoms with E-state index < -0.39 is 48.3 Å². The van der Waals surface area contributed by atoms with Crippen LogP contribution in [0.25, 0.3) is 0 Å². The van der Waals surface area contributed by atoms with E-state index in [-0.39, 0.29) is 6.42 Å². The second-order valence-corrected chi connectivity index (χ2v) is 5.42. The van der Waals surface area contributed by atoms with Gasteiger partial charge in [-0.05, 0) is 32.7 Å². The lowest BCUT2D eigenvalue weighted by atomic mass is 9.96. The molecular formula is C13H21N3O6. The molecule has 0 bridgehead atoms. The normalized spacial score (nSPS) is 22.1. The van der Waals surface area contributed by atoms with Crippen LogP contribution in [-0.4, -0.2) is 63.5 Å². The van der Waals surface area contributed by atoms with E-state index in [9.17, 15) is 24.3 Å². The molecule has 1 heterocycles. The molecule has 2 atom stereocenters. The van der Waals surface area contributed by atoms with Crippen molar-refractivity contribution >= 4 is 23.8 Å². The minimum Gasteiger partial charge on any atom is -0.481 e. The molecule has 1 aliphatic rings. The van der Waals surface area contributed by atoms with Gasteiger partial charge >= 0.3 is 11.9 Å². The first-order chi connectivity index (χ1) is 10.2. The third kappa shape index (κ3) is 4.01. The molecule has 9 heteroatoms. The number of nitrogens with two attached hydrogens (primary N) is 1. The molecule has 9 nitrogen and oxygen atoms in total. The second-order valence-electron chi connectivity index (χ2n) is 5.42. The van der Waals surface area contributed by atoms with Gasteiger partial charge in [0.1, 0.15) is 6.04 Å². The van der Waals surface area contributed by atoms with Gasteiger partial charge in [0.2, 0.25) is 11.8 Å². The third-order valence-electron chi connectivity index (χ3n) is 3.73. The standard InChI is InChI=1S/C13H21N3O6/c1-13(5-2-6-15-13)12(22)16(9(17)7-14)8(11(20)21)3-4-10(18)19/h8,15H,2-7,14H2,1H3,(H,18,19)(H,20,21)/t8-,13?/m0/s1. The van der Waals surface area contributed by atoms with E-state index in [2.05, 4.69) is 5.32 Å². The van der Waals surface area contributed by atoms with E-state index in [0.29, 0.717) is 17.9 Å². The van der Waals surface area contributed by atoms with Crippen molar-refractivity contribution in [2.45, 2.75) is 44.2 Å². The fourth-order valence-corrected chi connectivity index (χ4v) is 2.49. The largest absolute Gasteiger partial charge is 0.481 e. The minimum atomic E-state index is -1.54. The molecule has 0 spiro atoms. The fraction of sp³-hybridized carbons (Fsp3) is 0.692. The summed E-state index contributed by atoms with van der Waals surface area (Å²) in [7, 11) is 0. The molecule has 1 unspecified atom stereocenters. The van der Waals surface area contributed by atoms with Gasteiger partial charge in [-0.1, -0.05) is 0 Å². The van der Waals surface area contributed by atoms with Gasteiger partial charge in [0.15, 0.2) is 0 Å². The van der Waals surface area contributed by atoms with Crippen LogP contribution < -0.4 is 11.1 Å². The Labute approximate surface area is 127 Å². The maximum atomic E-state index is 12.6. The van der Waals surface area contributed by atoms with Crippen molar-refractivity contribution in [1.82, 2.24) is 10.2 Å². The molecule has 0 saturated carbocycles. The van der Waals surface area contributed by atoms with E-state index in [4.69, 9.17) is 10.8 Å². The molecule has 1 saturated heterocycles. The number of carboxylic acids is 2. The predicted molar refractivity (Wildman–Crippen MR) is 74.8 cm³/mol. The van der Waals surface area contributed by atoms with Crippen molar-refractivity contribution in [2.24, 2.45) is 5.73 Å². The van der Waals surface area contributed by atoms with Crippen molar-refractivity contribution < 1.29 is 29.4 Å². The summed E-state index contributed by atoms with van der Waals surface area (Å²) in [5.74, 6) is -4.15. The van der Waals surface area contributed by atoms with Crippen molar-refractivity contribution in [1.29, 1.82) is 0 Å². The zero-order valence-electron chi connectivity index (χ0n) is 12.4. The smallest absolute Gasteiger partial charge is 0.326 e. The Hall–Kier alpha value is -2.00. The van der Waals surface area contributed by atoms with Gasteiger partial charge in [-0.15, -0.1) is 0 Å². The van der Waals surface area contributed by atoms with E-state index in [1.165, 1.54) is 0 Å². The van der Waals surface area contributed by atoms with Crippen LogP contribution in [0.4, 0.5) is 0 Å². The summed E-state index contributed by atoms with van der Waals surface area (Å²) in [4.78, 5) is 47.3. The molecule has 2 amide bonds. The number of hydrogen-bond acceptors (Lipinski definition) is 6. The highest BCUT2D eigenvalue weighted by Crippen LogP contribution is 2.23. The number of hydrogen-bond donors (Lipinski definition) is 4. The summed E-state index contributed by atoms with van der Waals surface area (Å²) in [5, 5.41) is 20.9. The molecular weight excluding hydrogens is 294 g/mol. The maximum absolute atomic E-state index is 12.6. The number of amides is 2. The van der Waals surface area contributed by atoms with Crippen LogP contribution in [0, 0.1) is 0 Å². The Kier molecular flexibility index (Phi) is 6.01. The van der Waals surface area contributed by atoms with Crippen molar-refractivity contribution in [3.8, 4) is 0 Å². The summed E-state index contributed by atoms with van der Waals surface area (Å²) in [6, 6.07) is -1.54. The second kappa shape index (κ2) is 7.32. The van der Waals surface area contributed by atoms with Crippen LogP contribution >= 0.6 is 0 Å². The molecule has 0 aromatic rings. The molecule has 0 aliphatic carbocycles. The van der Waals surface area contributed by atoms with E-state index in [0.717, 1.165) is 6.42 Å². The fourth-order valence-electron chi connectivity index (χ4n) is 2.49. The van der Waals surface area contributed by atoms with Crippen LogP contribution in [-0.2, 0) is 19.2 Å². The van der Waals surface area contributed by atoms with Crippen molar-refractivity contribution in [2.75, 3.05) is 13.1 Å². The van der Waals surface area contributed by atoms with Crippen molar-refractivity contribution in [3.05, 3.63) is 0 Å². The Morgan fingerprint density at radius 2 is 1.95 bits per heavy atom. The third-order valence-corrected chi connectivity index (χ3v) is 3.73. The number of carbonyl (C=O) groups excluding carboxylic acids is 2. The SMILES string of the molecule is CC1(C(=O)N(C(=O)CN)[C@@H](CCC(=O)O)C(=O)O)CCCN1. The lowest BCUT2D eigenvalue weighted by Crippen LogP contribution is -2.60. The summed E-state index contributed by atoms with van der Waals surface area (Å²) >= 11 is 0. The minimum absolute atomic E-state index is 0.363. The number of nitrogens with zero attached hydrogens (tertiary/aromatic N) is 1. The average molecular weight is 315 g/mol. The first-order valence-electron chi connectivity index (χ1n) is 6.99. The number of carbonyl (C=O) groups is 4. The number of rotatable bonds is 7. The van der Waals surface area contributed by atoms with Crippen molar-refractivity contribution in [3.63, 3.8) is 0 Å². The molecule has 1 fully saturated rings. The molecule has 0 aromatic heterocycles. The number of aliphatic carboxylic acids is 2. The Bertz CT molecular complexity index is 472. The summed E-state index contributed by atoms with van der Waals surface area (Å²) in [5.41, 5.74) is 4.23. The molecule has 1 rings (SSSR count). The Morgan fingerprint density at radius 3 is 2.36 bits per heavy atom. The van der Waals surface area contributed by atoms with Crippen LogP contribution in [0.3, 0.4) is 0 Å². The van der Waals surface area contributed by atoms with Gasteiger partial charge in [-0.3, -0.25) is 19.3 Å². The number of imide groups is 1. The molecule has 5 N–H and O–H groups in total. The molecule has 22 heavy (non-hydrogen) atoms. The first-order valence-corrected chi connectivity index (χ1v) is 6.99. The highest BCUT2D eigenvalue weighted by molar-refractivity contribution is 6.03.